The molecule has 0 saturated carbocycles. The third kappa shape index (κ3) is 5.83. The number of carboxylic acids is 1. The number of ether oxygens (including phenoxy) is 3. The molecular formula is C23H26O7. The molecule has 0 aliphatic heterocycles. The molecule has 0 amide bonds. The lowest BCUT2D eigenvalue weighted by molar-refractivity contribution is -0.146. The van der Waals surface area contributed by atoms with Gasteiger partial charge in [-0.3, -0.25) is 9.59 Å². The van der Waals surface area contributed by atoms with Crippen LogP contribution in [0.5, 0.6) is 11.5 Å². The Bertz CT molecular complexity index is 887. The summed E-state index contributed by atoms with van der Waals surface area (Å²) in [5, 5.41) is 9.71. The van der Waals surface area contributed by atoms with Crippen LogP contribution in [-0.2, 0) is 14.3 Å². The fraction of sp³-hybridized carbons (Fsp3) is 0.348. The molecule has 160 valence electrons. The number of Topliss-reactive ketones (excluding diaryl/α,β-unsaturated/α-hetero) is 1. The summed E-state index contributed by atoms with van der Waals surface area (Å²) in [5.74, 6) is -1.70. The second kappa shape index (κ2) is 11.0. The maximum atomic E-state index is 12.7. The molecule has 0 aliphatic rings. The first-order chi connectivity index (χ1) is 14.4. The van der Waals surface area contributed by atoms with Crippen LogP contribution in [0, 0.1) is 0 Å². The van der Waals surface area contributed by atoms with Gasteiger partial charge < -0.3 is 19.3 Å². The average Bonchev–Trinajstić information content (AvgIpc) is 2.75. The lowest BCUT2D eigenvalue weighted by Gasteiger charge is -2.22. The Labute approximate surface area is 175 Å². The molecule has 0 bridgehead atoms. The van der Waals surface area contributed by atoms with E-state index in [1.807, 2.05) is 6.92 Å². The SMILES string of the molecule is CCCOC(=O)CC(=O)CC(c1ccc(OC)cc1)c1c(OC)cccc1C(=O)O. The summed E-state index contributed by atoms with van der Waals surface area (Å²) in [7, 11) is 2.99. The van der Waals surface area contributed by atoms with E-state index in [1.165, 1.54) is 13.2 Å². The van der Waals surface area contributed by atoms with Gasteiger partial charge in [0.05, 0.1) is 26.4 Å². The average molecular weight is 414 g/mol. The minimum absolute atomic E-state index is 0.0385. The van der Waals surface area contributed by atoms with Crippen LogP contribution in [0.25, 0.3) is 0 Å². The van der Waals surface area contributed by atoms with Gasteiger partial charge in [-0.25, -0.2) is 4.79 Å². The Morgan fingerprint density at radius 3 is 2.27 bits per heavy atom. The summed E-state index contributed by atoms with van der Waals surface area (Å²) in [6, 6.07) is 11.7. The zero-order valence-corrected chi connectivity index (χ0v) is 17.3. The van der Waals surface area contributed by atoms with Gasteiger partial charge in [0.1, 0.15) is 23.7 Å². The molecule has 0 aromatic heterocycles. The van der Waals surface area contributed by atoms with E-state index in [9.17, 15) is 19.5 Å². The van der Waals surface area contributed by atoms with Crippen LogP contribution in [0.3, 0.4) is 0 Å². The van der Waals surface area contributed by atoms with Gasteiger partial charge in [0.15, 0.2) is 0 Å². The van der Waals surface area contributed by atoms with Crippen LogP contribution in [0.2, 0.25) is 0 Å². The maximum absolute atomic E-state index is 12.7. The number of ketones is 1. The van der Waals surface area contributed by atoms with Crippen molar-refractivity contribution >= 4 is 17.7 Å². The van der Waals surface area contributed by atoms with Crippen molar-refractivity contribution in [3.05, 3.63) is 59.2 Å². The van der Waals surface area contributed by atoms with Crippen molar-refractivity contribution in [2.45, 2.75) is 32.1 Å². The van der Waals surface area contributed by atoms with E-state index in [-0.39, 0.29) is 30.8 Å². The number of hydrogen-bond acceptors (Lipinski definition) is 6. The molecule has 7 nitrogen and oxygen atoms in total. The summed E-state index contributed by atoms with van der Waals surface area (Å²) < 4.78 is 15.6. The van der Waals surface area contributed by atoms with E-state index in [0.29, 0.717) is 29.0 Å². The van der Waals surface area contributed by atoms with E-state index in [1.54, 1.807) is 43.5 Å². The Hall–Kier alpha value is -3.35. The van der Waals surface area contributed by atoms with E-state index in [0.717, 1.165) is 0 Å². The standard InChI is InChI=1S/C23H26O7/c1-4-12-30-21(25)14-16(24)13-19(15-8-10-17(28-2)11-9-15)22-18(23(26)27)6-5-7-20(22)29-3/h5-11,19H,4,12-14H2,1-3H3,(H,26,27). The van der Waals surface area contributed by atoms with E-state index >= 15 is 0 Å². The molecule has 1 atom stereocenters. The highest BCUT2D eigenvalue weighted by atomic mass is 16.5. The van der Waals surface area contributed by atoms with Crippen molar-refractivity contribution < 1.29 is 33.7 Å². The number of hydrogen-bond donors (Lipinski definition) is 1. The van der Waals surface area contributed by atoms with Crippen molar-refractivity contribution in [3.63, 3.8) is 0 Å². The predicted molar refractivity (Wildman–Crippen MR) is 110 cm³/mol. The highest BCUT2D eigenvalue weighted by Crippen LogP contribution is 2.38. The lowest BCUT2D eigenvalue weighted by atomic mass is 9.83. The van der Waals surface area contributed by atoms with Crippen LogP contribution in [0.15, 0.2) is 42.5 Å². The normalized spacial score (nSPS) is 11.4. The molecule has 0 spiro atoms. The van der Waals surface area contributed by atoms with Gasteiger partial charge >= 0.3 is 11.9 Å². The molecule has 0 heterocycles. The number of esters is 1. The smallest absolute Gasteiger partial charge is 0.336 e. The number of methoxy groups -OCH3 is 2. The minimum Gasteiger partial charge on any atom is -0.497 e. The molecule has 0 radical (unpaired) electrons. The third-order valence-electron chi connectivity index (χ3n) is 4.62. The molecule has 2 aromatic carbocycles. The van der Waals surface area contributed by atoms with Gasteiger partial charge in [0, 0.05) is 17.9 Å². The van der Waals surface area contributed by atoms with Gasteiger partial charge in [-0.1, -0.05) is 25.1 Å². The van der Waals surface area contributed by atoms with Crippen molar-refractivity contribution in [1.29, 1.82) is 0 Å². The summed E-state index contributed by atoms with van der Waals surface area (Å²) in [6.45, 7) is 2.12. The topological polar surface area (TPSA) is 99.1 Å². The Morgan fingerprint density at radius 1 is 1.00 bits per heavy atom. The van der Waals surface area contributed by atoms with Crippen molar-refractivity contribution in [1.82, 2.24) is 0 Å². The monoisotopic (exact) mass is 414 g/mol. The first-order valence-corrected chi connectivity index (χ1v) is 9.62. The van der Waals surface area contributed by atoms with E-state index < -0.39 is 17.9 Å². The van der Waals surface area contributed by atoms with Crippen LogP contribution >= 0.6 is 0 Å². The Kier molecular flexibility index (Phi) is 8.41. The molecule has 0 saturated heterocycles. The first-order valence-electron chi connectivity index (χ1n) is 9.62. The fourth-order valence-corrected chi connectivity index (χ4v) is 3.22. The van der Waals surface area contributed by atoms with Gasteiger partial charge in [-0.15, -0.1) is 0 Å². The number of carbonyl (C=O) groups excluding carboxylic acids is 2. The largest absolute Gasteiger partial charge is 0.497 e. The van der Waals surface area contributed by atoms with Crippen LogP contribution in [0.4, 0.5) is 0 Å². The summed E-state index contributed by atoms with van der Waals surface area (Å²) in [4.78, 5) is 36.4. The third-order valence-corrected chi connectivity index (χ3v) is 4.62. The summed E-state index contributed by atoms with van der Waals surface area (Å²) in [6.07, 6.45) is 0.218. The Morgan fingerprint density at radius 2 is 1.70 bits per heavy atom. The van der Waals surface area contributed by atoms with Crippen LogP contribution in [-0.4, -0.2) is 43.7 Å². The van der Waals surface area contributed by atoms with E-state index in [4.69, 9.17) is 14.2 Å². The fourth-order valence-electron chi connectivity index (χ4n) is 3.22. The summed E-state index contributed by atoms with van der Waals surface area (Å²) >= 11 is 0. The quantitative estimate of drug-likeness (QED) is 0.440. The second-order valence-corrected chi connectivity index (χ2v) is 6.69. The predicted octanol–water partition coefficient (Wildman–Crippen LogP) is 3.84. The number of rotatable bonds is 11. The van der Waals surface area contributed by atoms with Crippen molar-refractivity contribution in [2.75, 3.05) is 20.8 Å². The zero-order valence-electron chi connectivity index (χ0n) is 17.3. The molecule has 0 fully saturated rings. The molecule has 2 rings (SSSR count). The van der Waals surface area contributed by atoms with Crippen molar-refractivity contribution in [3.8, 4) is 11.5 Å². The molecular weight excluding hydrogens is 388 g/mol. The second-order valence-electron chi connectivity index (χ2n) is 6.69. The zero-order chi connectivity index (χ0) is 22.1. The van der Waals surface area contributed by atoms with Gasteiger partial charge in [-0.05, 0) is 36.2 Å². The highest BCUT2D eigenvalue weighted by Gasteiger charge is 2.28. The first kappa shape index (κ1) is 22.9. The molecule has 2 aromatic rings. The number of benzene rings is 2. The molecule has 1 unspecified atom stereocenters. The van der Waals surface area contributed by atoms with Gasteiger partial charge in [0.2, 0.25) is 0 Å². The number of carboxylic acid groups (broad SMARTS) is 1. The molecule has 7 heteroatoms. The maximum Gasteiger partial charge on any atom is 0.336 e. The Balaban J connectivity index is 2.46. The highest BCUT2D eigenvalue weighted by molar-refractivity contribution is 5.97. The van der Waals surface area contributed by atoms with Gasteiger partial charge in [0.25, 0.3) is 0 Å². The minimum atomic E-state index is -1.13. The molecule has 1 N–H and O–H groups in total. The van der Waals surface area contributed by atoms with Crippen LogP contribution in [0.1, 0.15) is 53.6 Å². The van der Waals surface area contributed by atoms with E-state index in [2.05, 4.69) is 0 Å². The lowest BCUT2D eigenvalue weighted by Crippen LogP contribution is -2.17. The molecule has 0 aliphatic carbocycles. The molecule has 30 heavy (non-hydrogen) atoms. The summed E-state index contributed by atoms with van der Waals surface area (Å²) in [5.41, 5.74) is 1.13. The van der Waals surface area contributed by atoms with Gasteiger partial charge in [-0.2, -0.15) is 0 Å². The van der Waals surface area contributed by atoms with Crippen molar-refractivity contribution in [2.24, 2.45) is 0 Å². The van der Waals surface area contributed by atoms with Crippen LogP contribution < -0.4 is 9.47 Å². The number of aromatic carboxylic acids is 1. The number of carbonyl (C=O) groups is 3.